The van der Waals surface area contributed by atoms with E-state index in [0.717, 1.165) is 0 Å². The van der Waals surface area contributed by atoms with Crippen LogP contribution in [0.5, 0.6) is 0 Å². The third-order valence-corrected chi connectivity index (χ3v) is 5.06. The molecule has 2 heterocycles. The normalized spacial score (nSPS) is 17.2. The molecule has 10 heteroatoms. The molecule has 31 heavy (non-hydrogen) atoms. The fourth-order valence-electron chi connectivity index (χ4n) is 3.68. The number of H-pyrrole nitrogens is 1. The molecule has 1 aliphatic rings. The van der Waals surface area contributed by atoms with Crippen LogP contribution in [0.25, 0.3) is 10.9 Å². The summed E-state index contributed by atoms with van der Waals surface area (Å²) in [6, 6.07) is 5.03. The second-order valence-corrected chi connectivity index (χ2v) is 8.52. The van der Waals surface area contributed by atoms with E-state index in [1.807, 2.05) is 0 Å². The molecule has 1 aliphatic heterocycles. The van der Waals surface area contributed by atoms with Crippen molar-refractivity contribution in [2.24, 2.45) is 0 Å². The van der Waals surface area contributed by atoms with Gasteiger partial charge in [0, 0.05) is 42.2 Å². The Hall–Kier alpha value is -3.61. The summed E-state index contributed by atoms with van der Waals surface area (Å²) >= 11 is 0. The number of hydrogen-bond acceptors (Lipinski definition) is 6. The fraction of sp³-hybridized carbons (Fsp3) is 0.476. The van der Waals surface area contributed by atoms with E-state index in [4.69, 9.17) is 4.74 Å². The average molecular weight is 427 g/mol. The Morgan fingerprint density at radius 1 is 1.45 bits per heavy atom. The van der Waals surface area contributed by atoms with E-state index in [2.05, 4.69) is 16.4 Å². The zero-order valence-electron chi connectivity index (χ0n) is 17.7. The molecular weight excluding hydrogens is 402 g/mol. The van der Waals surface area contributed by atoms with E-state index in [1.165, 1.54) is 17.0 Å². The minimum atomic E-state index is -0.984. The van der Waals surface area contributed by atoms with E-state index in [-0.39, 0.29) is 18.0 Å². The van der Waals surface area contributed by atoms with Crippen LogP contribution < -0.4 is 5.32 Å². The van der Waals surface area contributed by atoms with Gasteiger partial charge >= 0.3 is 6.09 Å². The minimum Gasteiger partial charge on any atom is -0.444 e. The van der Waals surface area contributed by atoms with Gasteiger partial charge in [0.1, 0.15) is 17.7 Å². The molecule has 1 aromatic carbocycles. The summed E-state index contributed by atoms with van der Waals surface area (Å²) in [6.45, 7) is 5.58. The standard InChI is InChI=1S/C21H25N5O5/c1-21(2,3)31-20(28)24-18(19(27)25-8-4-5-15(25)11-22)9-13-12-23-17-7-6-14(26(29)30)10-16(13)17/h6-7,10,12,15,18,23H,4-5,8-9H2,1-3H3,(H,24,28)/t15?,18-/m0/s1. The van der Waals surface area contributed by atoms with Gasteiger partial charge in [-0.05, 0) is 45.2 Å². The van der Waals surface area contributed by atoms with Gasteiger partial charge in [-0.25, -0.2) is 4.79 Å². The van der Waals surface area contributed by atoms with Crippen LogP contribution in [-0.2, 0) is 16.0 Å². The Kier molecular flexibility index (Phi) is 6.15. The van der Waals surface area contributed by atoms with Crippen molar-refractivity contribution in [2.45, 2.75) is 57.7 Å². The van der Waals surface area contributed by atoms with Gasteiger partial charge in [0.15, 0.2) is 0 Å². The van der Waals surface area contributed by atoms with E-state index in [9.17, 15) is 25.0 Å². The van der Waals surface area contributed by atoms with E-state index >= 15 is 0 Å². The molecule has 3 rings (SSSR count). The number of benzene rings is 1. The second-order valence-electron chi connectivity index (χ2n) is 8.52. The molecule has 2 N–H and O–H groups in total. The smallest absolute Gasteiger partial charge is 0.408 e. The van der Waals surface area contributed by atoms with E-state index < -0.39 is 28.7 Å². The zero-order chi connectivity index (χ0) is 22.8. The lowest BCUT2D eigenvalue weighted by Gasteiger charge is -2.27. The maximum Gasteiger partial charge on any atom is 0.408 e. The van der Waals surface area contributed by atoms with Crippen LogP contribution in [-0.4, -0.2) is 51.0 Å². The minimum absolute atomic E-state index is 0.0691. The van der Waals surface area contributed by atoms with Gasteiger partial charge in [0.05, 0.1) is 11.0 Å². The van der Waals surface area contributed by atoms with Crippen LogP contribution in [0, 0.1) is 21.4 Å². The third kappa shape index (κ3) is 5.12. The molecule has 0 aliphatic carbocycles. The lowest BCUT2D eigenvalue weighted by Crippen LogP contribution is -2.51. The molecule has 164 valence electrons. The summed E-state index contributed by atoms with van der Waals surface area (Å²) in [5.41, 5.74) is 0.503. The monoisotopic (exact) mass is 427 g/mol. The summed E-state index contributed by atoms with van der Waals surface area (Å²) in [6.07, 6.45) is 2.30. The molecule has 0 radical (unpaired) electrons. The highest BCUT2D eigenvalue weighted by molar-refractivity contribution is 5.89. The van der Waals surface area contributed by atoms with Crippen molar-refractivity contribution in [3.63, 3.8) is 0 Å². The Bertz CT molecular complexity index is 1050. The Balaban J connectivity index is 1.91. The van der Waals surface area contributed by atoms with Gasteiger partial charge in [0.25, 0.3) is 5.69 Å². The Morgan fingerprint density at radius 2 is 2.19 bits per heavy atom. The molecule has 0 saturated carbocycles. The highest BCUT2D eigenvalue weighted by Crippen LogP contribution is 2.26. The molecule has 1 saturated heterocycles. The van der Waals surface area contributed by atoms with Crippen molar-refractivity contribution >= 4 is 28.6 Å². The quantitative estimate of drug-likeness (QED) is 0.555. The number of hydrogen-bond donors (Lipinski definition) is 2. The topological polar surface area (TPSA) is 141 Å². The molecule has 1 aromatic heterocycles. The first kappa shape index (κ1) is 22.1. The van der Waals surface area contributed by atoms with Crippen molar-refractivity contribution in [3.8, 4) is 6.07 Å². The first-order chi connectivity index (χ1) is 14.6. The number of nitrogens with one attached hydrogen (secondary N) is 2. The number of aromatic nitrogens is 1. The maximum absolute atomic E-state index is 13.2. The highest BCUT2D eigenvalue weighted by Gasteiger charge is 2.35. The average Bonchev–Trinajstić information content (AvgIpc) is 3.31. The van der Waals surface area contributed by atoms with E-state index in [0.29, 0.717) is 35.9 Å². The van der Waals surface area contributed by atoms with Crippen LogP contribution in [0.15, 0.2) is 24.4 Å². The van der Waals surface area contributed by atoms with Crippen LogP contribution >= 0.6 is 0 Å². The number of aromatic amines is 1. The number of carbonyl (C=O) groups is 2. The van der Waals surface area contributed by atoms with Gasteiger partial charge < -0.3 is 19.9 Å². The summed E-state index contributed by atoms with van der Waals surface area (Å²) in [4.78, 5) is 40.8. The van der Waals surface area contributed by atoms with Gasteiger partial charge in [0.2, 0.25) is 5.91 Å². The number of carbonyl (C=O) groups excluding carboxylic acids is 2. The number of rotatable bonds is 5. The number of nitro benzene ring substituents is 1. The molecule has 1 fully saturated rings. The van der Waals surface area contributed by atoms with Gasteiger partial charge in [-0.2, -0.15) is 5.26 Å². The number of nitriles is 1. The predicted molar refractivity (Wildman–Crippen MR) is 112 cm³/mol. The molecule has 0 bridgehead atoms. The fourth-order valence-corrected chi connectivity index (χ4v) is 3.68. The van der Waals surface area contributed by atoms with Crippen LogP contribution in [0.1, 0.15) is 39.2 Å². The number of ether oxygens (including phenoxy) is 1. The first-order valence-electron chi connectivity index (χ1n) is 10.0. The predicted octanol–water partition coefficient (Wildman–Crippen LogP) is 3.03. The maximum atomic E-state index is 13.2. The SMILES string of the molecule is CC(C)(C)OC(=O)N[C@@H](Cc1c[nH]c2ccc([N+](=O)[O-])cc12)C(=O)N1CCCC1C#N. The third-order valence-electron chi connectivity index (χ3n) is 5.06. The number of nitrogens with zero attached hydrogens (tertiary/aromatic N) is 3. The lowest BCUT2D eigenvalue weighted by molar-refractivity contribution is -0.384. The molecule has 10 nitrogen and oxygen atoms in total. The Morgan fingerprint density at radius 3 is 2.84 bits per heavy atom. The molecule has 2 amide bonds. The van der Waals surface area contributed by atoms with Gasteiger partial charge in [-0.3, -0.25) is 14.9 Å². The summed E-state index contributed by atoms with van der Waals surface area (Å²) in [5, 5.41) is 23.7. The van der Waals surface area contributed by atoms with Crippen molar-refractivity contribution in [1.29, 1.82) is 5.26 Å². The molecule has 1 unspecified atom stereocenters. The summed E-state index contributed by atoms with van der Waals surface area (Å²) in [7, 11) is 0. The van der Waals surface area contributed by atoms with Crippen LogP contribution in [0.4, 0.5) is 10.5 Å². The number of amides is 2. The summed E-state index contributed by atoms with van der Waals surface area (Å²) < 4.78 is 5.31. The van der Waals surface area contributed by atoms with Gasteiger partial charge in [-0.1, -0.05) is 0 Å². The van der Waals surface area contributed by atoms with Crippen LogP contribution in [0.3, 0.4) is 0 Å². The number of likely N-dealkylation sites (tertiary alicyclic amines) is 1. The highest BCUT2D eigenvalue weighted by atomic mass is 16.6. The Labute approximate surface area is 179 Å². The molecule has 0 spiro atoms. The second kappa shape index (κ2) is 8.63. The van der Waals surface area contributed by atoms with Crippen molar-refractivity contribution in [1.82, 2.24) is 15.2 Å². The van der Waals surface area contributed by atoms with E-state index in [1.54, 1.807) is 33.0 Å². The number of non-ortho nitro benzene ring substituents is 1. The first-order valence-corrected chi connectivity index (χ1v) is 10.0. The number of nitro groups is 1. The van der Waals surface area contributed by atoms with Crippen molar-refractivity contribution in [2.75, 3.05) is 6.54 Å². The molecule has 2 aromatic rings. The van der Waals surface area contributed by atoms with Gasteiger partial charge in [-0.15, -0.1) is 0 Å². The summed E-state index contributed by atoms with van der Waals surface area (Å²) in [5.74, 6) is -0.380. The lowest BCUT2D eigenvalue weighted by atomic mass is 10.0. The molecule has 2 atom stereocenters. The van der Waals surface area contributed by atoms with Crippen LogP contribution in [0.2, 0.25) is 0 Å². The number of alkyl carbamates (subject to hydrolysis) is 1. The largest absolute Gasteiger partial charge is 0.444 e. The van der Waals surface area contributed by atoms with Crippen molar-refractivity contribution in [3.05, 3.63) is 40.1 Å². The molecular formula is C21H25N5O5. The van der Waals surface area contributed by atoms with Crippen molar-refractivity contribution < 1.29 is 19.2 Å². The zero-order valence-corrected chi connectivity index (χ0v) is 17.7. The number of fused-ring (bicyclic) bond motifs is 1.